The molecule has 9 heteroatoms. The molecule has 100 valence electrons. The maximum atomic E-state index is 13.0. The van der Waals surface area contributed by atoms with Crippen molar-refractivity contribution in [1.29, 1.82) is 0 Å². The molecule has 0 saturated heterocycles. The van der Waals surface area contributed by atoms with Gasteiger partial charge in [-0.05, 0) is 12.1 Å². The number of rotatable bonds is 3. The fourth-order valence-electron chi connectivity index (χ4n) is 0.946. The second-order valence-corrected chi connectivity index (χ2v) is 4.19. The van der Waals surface area contributed by atoms with E-state index in [1.807, 2.05) is 0 Å². The summed E-state index contributed by atoms with van der Waals surface area (Å²) in [6.45, 7) is -0.0565. The van der Waals surface area contributed by atoms with Gasteiger partial charge in [-0.15, -0.1) is 0 Å². The standard InChI is InChI=1S/C9H6Cl2F4N2O/c1-8(12,13)9(14,15)7(18)16-4-2-5(10)17-6(11)3-4/h2-3H,1H3,(H,16,17,18). The van der Waals surface area contributed by atoms with Crippen molar-refractivity contribution in [2.45, 2.75) is 18.8 Å². The van der Waals surface area contributed by atoms with E-state index in [0.717, 1.165) is 12.1 Å². The fraction of sp³-hybridized carbons (Fsp3) is 0.333. The number of amides is 1. The molecule has 1 aromatic heterocycles. The van der Waals surface area contributed by atoms with Crippen LogP contribution in [0.25, 0.3) is 0 Å². The highest BCUT2D eigenvalue weighted by Crippen LogP contribution is 2.34. The molecule has 18 heavy (non-hydrogen) atoms. The van der Waals surface area contributed by atoms with Gasteiger partial charge in [-0.1, -0.05) is 23.2 Å². The van der Waals surface area contributed by atoms with Gasteiger partial charge in [0.1, 0.15) is 10.3 Å². The van der Waals surface area contributed by atoms with Gasteiger partial charge in [0.15, 0.2) is 0 Å². The number of hydrogen-bond donors (Lipinski definition) is 1. The summed E-state index contributed by atoms with van der Waals surface area (Å²) in [5, 5.41) is 1.24. The second-order valence-electron chi connectivity index (χ2n) is 3.42. The fourth-order valence-corrected chi connectivity index (χ4v) is 1.41. The maximum Gasteiger partial charge on any atom is 0.386 e. The molecule has 0 unspecified atom stereocenters. The lowest BCUT2D eigenvalue weighted by Gasteiger charge is -2.21. The third-order valence-electron chi connectivity index (χ3n) is 1.86. The van der Waals surface area contributed by atoms with Crippen LogP contribution in [0.5, 0.6) is 0 Å². The number of nitrogens with one attached hydrogen (secondary N) is 1. The molecular weight excluding hydrogens is 299 g/mol. The van der Waals surface area contributed by atoms with Gasteiger partial charge in [0, 0.05) is 12.6 Å². The molecule has 0 fully saturated rings. The third kappa shape index (κ3) is 3.23. The van der Waals surface area contributed by atoms with E-state index < -0.39 is 17.8 Å². The van der Waals surface area contributed by atoms with Crippen LogP contribution in [-0.4, -0.2) is 22.7 Å². The largest absolute Gasteiger partial charge is 0.386 e. The second kappa shape index (κ2) is 4.89. The summed E-state index contributed by atoms with van der Waals surface area (Å²) in [7, 11) is 0. The Labute approximate surface area is 109 Å². The number of carbonyl (C=O) groups is 1. The van der Waals surface area contributed by atoms with Crippen LogP contribution < -0.4 is 5.32 Å². The van der Waals surface area contributed by atoms with Crippen molar-refractivity contribution >= 4 is 34.8 Å². The SMILES string of the molecule is CC(F)(F)C(F)(F)C(=O)Nc1cc(Cl)nc(Cl)c1. The van der Waals surface area contributed by atoms with E-state index in [0.29, 0.717) is 0 Å². The average molecular weight is 305 g/mol. The molecule has 0 aliphatic heterocycles. The molecule has 1 aromatic rings. The topological polar surface area (TPSA) is 42.0 Å². The minimum absolute atomic E-state index is 0.0565. The first-order valence-electron chi connectivity index (χ1n) is 4.44. The van der Waals surface area contributed by atoms with Gasteiger partial charge in [0.25, 0.3) is 0 Å². The van der Waals surface area contributed by atoms with Crippen LogP contribution in [-0.2, 0) is 4.79 Å². The van der Waals surface area contributed by atoms with Crippen LogP contribution in [0.2, 0.25) is 10.3 Å². The number of pyridine rings is 1. The van der Waals surface area contributed by atoms with E-state index in [1.54, 1.807) is 5.32 Å². The predicted octanol–water partition coefficient (Wildman–Crippen LogP) is 3.62. The molecule has 0 radical (unpaired) electrons. The summed E-state index contributed by atoms with van der Waals surface area (Å²) < 4.78 is 51.0. The Bertz CT molecular complexity index is 456. The number of aromatic nitrogens is 1. The lowest BCUT2D eigenvalue weighted by atomic mass is 10.2. The summed E-state index contributed by atoms with van der Waals surface area (Å²) in [4.78, 5) is 14.6. The normalized spacial score (nSPS) is 12.4. The van der Waals surface area contributed by atoms with Crippen LogP contribution in [0.1, 0.15) is 6.92 Å². The smallest absolute Gasteiger partial charge is 0.320 e. The van der Waals surface area contributed by atoms with Gasteiger partial charge >= 0.3 is 17.8 Å². The Morgan fingerprint density at radius 3 is 2.06 bits per heavy atom. The van der Waals surface area contributed by atoms with Crippen molar-refractivity contribution in [3.05, 3.63) is 22.4 Å². The first kappa shape index (κ1) is 15.0. The van der Waals surface area contributed by atoms with Crippen molar-refractivity contribution in [2.24, 2.45) is 0 Å². The zero-order valence-corrected chi connectivity index (χ0v) is 10.3. The highest BCUT2D eigenvalue weighted by Gasteiger charge is 2.58. The Hall–Kier alpha value is -1.08. The third-order valence-corrected chi connectivity index (χ3v) is 2.24. The van der Waals surface area contributed by atoms with E-state index in [9.17, 15) is 22.4 Å². The van der Waals surface area contributed by atoms with E-state index in [4.69, 9.17) is 23.2 Å². The number of hydrogen-bond acceptors (Lipinski definition) is 2. The van der Waals surface area contributed by atoms with Crippen LogP contribution in [0, 0.1) is 0 Å². The molecule has 1 N–H and O–H groups in total. The molecule has 0 atom stereocenters. The van der Waals surface area contributed by atoms with Gasteiger partial charge < -0.3 is 5.32 Å². The summed E-state index contributed by atoms with van der Waals surface area (Å²) in [5.74, 6) is -11.5. The van der Waals surface area contributed by atoms with E-state index in [1.165, 1.54) is 0 Å². The quantitative estimate of drug-likeness (QED) is 0.684. The van der Waals surface area contributed by atoms with Crippen molar-refractivity contribution in [1.82, 2.24) is 4.98 Å². The van der Waals surface area contributed by atoms with Gasteiger partial charge in [0.05, 0.1) is 0 Å². The summed E-state index contributed by atoms with van der Waals surface area (Å²) >= 11 is 10.9. The minimum Gasteiger partial charge on any atom is -0.320 e. The zero-order valence-electron chi connectivity index (χ0n) is 8.78. The maximum absolute atomic E-state index is 13.0. The monoisotopic (exact) mass is 304 g/mol. The van der Waals surface area contributed by atoms with Crippen LogP contribution in [0.3, 0.4) is 0 Å². The lowest BCUT2D eigenvalue weighted by Crippen LogP contribution is -2.48. The Balaban J connectivity index is 2.95. The summed E-state index contributed by atoms with van der Waals surface area (Å²) in [6.07, 6.45) is 0. The van der Waals surface area contributed by atoms with E-state index >= 15 is 0 Å². The molecule has 0 aliphatic rings. The molecule has 0 aliphatic carbocycles. The molecule has 0 saturated carbocycles. The number of alkyl halides is 4. The Kier molecular flexibility index (Phi) is 4.07. The summed E-state index contributed by atoms with van der Waals surface area (Å²) in [6, 6.07) is 1.99. The van der Waals surface area contributed by atoms with E-state index in [2.05, 4.69) is 4.98 Å². The van der Waals surface area contributed by atoms with Crippen molar-refractivity contribution in [2.75, 3.05) is 5.32 Å². The van der Waals surface area contributed by atoms with Gasteiger partial charge in [-0.2, -0.15) is 17.6 Å². The first-order valence-corrected chi connectivity index (χ1v) is 5.20. The Morgan fingerprint density at radius 1 is 1.22 bits per heavy atom. The summed E-state index contributed by atoms with van der Waals surface area (Å²) in [5.41, 5.74) is -0.256. The molecule has 1 amide bonds. The van der Waals surface area contributed by atoms with Crippen LogP contribution in [0.15, 0.2) is 12.1 Å². The van der Waals surface area contributed by atoms with Crippen molar-refractivity contribution in [3.8, 4) is 0 Å². The zero-order chi connectivity index (χ0) is 14.1. The molecule has 3 nitrogen and oxygen atoms in total. The average Bonchev–Trinajstić information content (AvgIpc) is 2.13. The number of nitrogens with zero attached hydrogens (tertiary/aromatic N) is 1. The van der Waals surface area contributed by atoms with Gasteiger partial charge in [-0.3, -0.25) is 4.79 Å². The molecule has 0 bridgehead atoms. The minimum atomic E-state index is -4.85. The number of halogens is 6. The highest BCUT2D eigenvalue weighted by atomic mass is 35.5. The molecule has 1 heterocycles. The highest BCUT2D eigenvalue weighted by molar-refractivity contribution is 6.33. The molecule has 0 spiro atoms. The lowest BCUT2D eigenvalue weighted by molar-refractivity contribution is -0.198. The van der Waals surface area contributed by atoms with Crippen LogP contribution in [0.4, 0.5) is 23.2 Å². The van der Waals surface area contributed by atoms with Crippen molar-refractivity contribution in [3.63, 3.8) is 0 Å². The van der Waals surface area contributed by atoms with E-state index in [-0.39, 0.29) is 22.9 Å². The Morgan fingerprint density at radius 2 is 1.67 bits per heavy atom. The van der Waals surface area contributed by atoms with Gasteiger partial charge in [-0.25, -0.2) is 4.98 Å². The number of anilines is 1. The van der Waals surface area contributed by atoms with Crippen molar-refractivity contribution < 1.29 is 22.4 Å². The first-order chi connectivity index (χ1) is 8.04. The van der Waals surface area contributed by atoms with Crippen LogP contribution >= 0.6 is 23.2 Å². The number of carbonyl (C=O) groups excluding carboxylic acids is 1. The predicted molar refractivity (Wildman–Crippen MR) is 58.5 cm³/mol. The molecule has 0 aromatic carbocycles. The van der Waals surface area contributed by atoms with Gasteiger partial charge in [0.2, 0.25) is 0 Å². The molecular formula is C9H6Cl2F4N2O. The molecule has 1 rings (SSSR count).